The van der Waals surface area contributed by atoms with Gasteiger partial charge in [0.25, 0.3) is 0 Å². The van der Waals surface area contributed by atoms with Crippen molar-refractivity contribution in [2.75, 3.05) is 6.61 Å². The number of primary amides is 1. The van der Waals surface area contributed by atoms with E-state index in [2.05, 4.69) is 26.1 Å². The summed E-state index contributed by atoms with van der Waals surface area (Å²) >= 11 is 0. The monoisotopic (exact) mass is 216 g/mol. The third kappa shape index (κ3) is 8.39. The molecule has 0 spiro atoms. The molecule has 4 nitrogen and oxygen atoms in total. The molecule has 4 heteroatoms. The summed E-state index contributed by atoms with van der Waals surface area (Å²) in [5, 5.41) is 12.4. The number of aliphatic hydroxyl groups excluding tert-OH is 1. The first kappa shape index (κ1) is 14.4. The van der Waals surface area contributed by atoms with Crippen LogP contribution in [0.15, 0.2) is 0 Å². The van der Waals surface area contributed by atoms with Gasteiger partial charge in [0.1, 0.15) is 0 Å². The summed E-state index contributed by atoms with van der Waals surface area (Å²) in [7, 11) is 0. The molecular formula is C11H24N2O2. The minimum atomic E-state index is -0.317. The maximum Gasteiger partial charge on any atom is 0.218 e. The summed E-state index contributed by atoms with van der Waals surface area (Å²) in [4.78, 5) is 10.7. The molecule has 0 aromatic carbocycles. The van der Waals surface area contributed by atoms with Crippen LogP contribution in [0.1, 0.15) is 40.5 Å². The highest BCUT2D eigenvalue weighted by atomic mass is 16.3. The van der Waals surface area contributed by atoms with Crippen molar-refractivity contribution in [3.63, 3.8) is 0 Å². The first-order chi connectivity index (χ1) is 6.74. The van der Waals surface area contributed by atoms with E-state index >= 15 is 0 Å². The van der Waals surface area contributed by atoms with Crippen LogP contribution in [0.4, 0.5) is 0 Å². The Hall–Kier alpha value is -0.610. The Kier molecular flexibility index (Phi) is 5.83. The van der Waals surface area contributed by atoms with Crippen molar-refractivity contribution in [3.8, 4) is 0 Å². The zero-order valence-electron chi connectivity index (χ0n) is 10.2. The quantitative estimate of drug-likeness (QED) is 0.610. The molecule has 4 N–H and O–H groups in total. The van der Waals surface area contributed by atoms with Gasteiger partial charge in [-0.1, -0.05) is 20.8 Å². The average Bonchev–Trinajstić information content (AvgIpc) is 1.98. The molecule has 1 amide bonds. The summed E-state index contributed by atoms with van der Waals surface area (Å²) < 4.78 is 0. The normalized spacial score (nSPS) is 16.1. The van der Waals surface area contributed by atoms with E-state index in [1.165, 1.54) is 0 Å². The molecule has 0 aliphatic carbocycles. The van der Waals surface area contributed by atoms with Gasteiger partial charge in [0.05, 0.1) is 6.61 Å². The number of nitrogens with one attached hydrogen (secondary N) is 1. The maximum atomic E-state index is 10.7. The van der Waals surface area contributed by atoms with Crippen LogP contribution in [0.2, 0.25) is 0 Å². The van der Waals surface area contributed by atoms with E-state index in [1.807, 2.05) is 6.92 Å². The van der Waals surface area contributed by atoms with Gasteiger partial charge in [-0.05, 0) is 18.8 Å². The Balaban J connectivity index is 4.04. The van der Waals surface area contributed by atoms with E-state index in [4.69, 9.17) is 5.73 Å². The minimum Gasteiger partial charge on any atom is -0.395 e. The molecule has 0 aliphatic rings. The number of carbonyl (C=O) groups excluding carboxylic acids is 1. The fourth-order valence-electron chi connectivity index (χ4n) is 1.68. The lowest BCUT2D eigenvalue weighted by Crippen LogP contribution is -2.42. The number of nitrogens with two attached hydrogens (primary N) is 1. The highest BCUT2D eigenvalue weighted by Crippen LogP contribution is 2.20. The van der Waals surface area contributed by atoms with Crippen LogP contribution in [0.25, 0.3) is 0 Å². The zero-order chi connectivity index (χ0) is 12.1. The molecular weight excluding hydrogens is 192 g/mol. The van der Waals surface area contributed by atoms with Gasteiger partial charge in [-0.3, -0.25) is 4.79 Å². The van der Waals surface area contributed by atoms with Crippen molar-refractivity contribution in [1.82, 2.24) is 5.32 Å². The van der Waals surface area contributed by atoms with Crippen molar-refractivity contribution < 1.29 is 9.90 Å². The van der Waals surface area contributed by atoms with Crippen LogP contribution in [-0.2, 0) is 4.79 Å². The number of rotatable bonds is 6. The third-order valence-electron chi connectivity index (χ3n) is 2.11. The molecule has 0 aromatic heterocycles. The fraction of sp³-hybridized carbons (Fsp3) is 0.909. The summed E-state index contributed by atoms with van der Waals surface area (Å²) in [6, 6.07) is 0.0429. The molecule has 0 bridgehead atoms. The topological polar surface area (TPSA) is 75.4 Å². The Morgan fingerprint density at radius 1 is 1.47 bits per heavy atom. The number of hydrogen-bond donors (Lipinski definition) is 3. The molecule has 2 unspecified atom stereocenters. The molecule has 90 valence electrons. The van der Waals surface area contributed by atoms with E-state index < -0.39 is 0 Å². The molecule has 0 saturated carbocycles. The van der Waals surface area contributed by atoms with E-state index in [9.17, 15) is 9.90 Å². The van der Waals surface area contributed by atoms with Gasteiger partial charge in [0, 0.05) is 18.5 Å². The van der Waals surface area contributed by atoms with E-state index in [0.717, 1.165) is 6.42 Å². The SMILES string of the molecule is CC(CC(N)=O)NC(CO)CC(C)(C)C. The fourth-order valence-corrected chi connectivity index (χ4v) is 1.68. The lowest BCUT2D eigenvalue weighted by atomic mass is 9.88. The predicted molar refractivity (Wildman–Crippen MR) is 61.4 cm³/mol. The van der Waals surface area contributed by atoms with Gasteiger partial charge in [-0.15, -0.1) is 0 Å². The van der Waals surface area contributed by atoms with Crippen molar-refractivity contribution in [2.45, 2.75) is 52.6 Å². The first-order valence-electron chi connectivity index (χ1n) is 5.40. The largest absolute Gasteiger partial charge is 0.395 e. The van der Waals surface area contributed by atoms with Gasteiger partial charge in [0.15, 0.2) is 0 Å². The average molecular weight is 216 g/mol. The van der Waals surface area contributed by atoms with Crippen molar-refractivity contribution in [3.05, 3.63) is 0 Å². The van der Waals surface area contributed by atoms with Crippen LogP contribution >= 0.6 is 0 Å². The summed E-state index contributed by atoms with van der Waals surface area (Å²) in [5.41, 5.74) is 5.26. The van der Waals surface area contributed by atoms with Gasteiger partial charge in [-0.25, -0.2) is 0 Å². The van der Waals surface area contributed by atoms with Crippen molar-refractivity contribution in [1.29, 1.82) is 0 Å². The van der Waals surface area contributed by atoms with Crippen LogP contribution in [0.5, 0.6) is 0 Å². The highest BCUT2D eigenvalue weighted by Gasteiger charge is 2.19. The first-order valence-corrected chi connectivity index (χ1v) is 5.40. The van der Waals surface area contributed by atoms with Crippen molar-refractivity contribution >= 4 is 5.91 Å². The maximum absolute atomic E-state index is 10.7. The molecule has 0 radical (unpaired) electrons. The van der Waals surface area contributed by atoms with E-state index in [1.54, 1.807) is 0 Å². The van der Waals surface area contributed by atoms with Gasteiger partial charge < -0.3 is 16.2 Å². The molecule has 0 saturated heterocycles. The summed E-state index contributed by atoms with van der Waals surface area (Å²) in [6.45, 7) is 8.35. The molecule has 0 heterocycles. The van der Waals surface area contributed by atoms with Gasteiger partial charge >= 0.3 is 0 Å². The predicted octanol–water partition coefficient (Wildman–Crippen LogP) is 0.637. The van der Waals surface area contributed by atoms with E-state index in [0.29, 0.717) is 6.42 Å². The van der Waals surface area contributed by atoms with Crippen LogP contribution in [0, 0.1) is 5.41 Å². The number of carbonyl (C=O) groups is 1. The molecule has 0 rings (SSSR count). The molecule has 0 aromatic rings. The minimum absolute atomic E-state index is 0.0157. The second-order valence-corrected chi connectivity index (χ2v) is 5.38. The van der Waals surface area contributed by atoms with Crippen molar-refractivity contribution in [2.24, 2.45) is 11.1 Å². The molecule has 0 aliphatic heterocycles. The molecule has 15 heavy (non-hydrogen) atoms. The lowest BCUT2D eigenvalue weighted by Gasteiger charge is -2.27. The van der Waals surface area contributed by atoms with Gasteiger partial charge in [0.2, 0.25) is 5.91 Å². The summed E-state index contributed by atoms with van der Waals surface area (Å²) in [6.07, 6.45) is 1.17. The lowest BCUT2D eigenvalue weighted by molar-refractivity contribution is -0.118. The summed E-state index contributed by atoms with van der Waals surface area (Å²) in [5.74, 6) is -0.317. The standard InChI is InChI=1S/C11H24N2O2/c1-8(5-10(12)15)13-9(7-14)6-11(2,3)4/h8-9,13-14H,5-7H2,1-4H3,(H2,12,15). The number of hydrogen-bond acceptors (Lipinski definition) is 3. The van der Waals surface area contributed by atoms with Crippen LogP contribution < -0.4 is 11.1 Å². The third-order valence-corrected chi connectivity index (χ3v) is 2.11. The Morgan fingerprint density at radius 3 is 2.33 bits per heavy atom. The Labute approximate surface area is 92.2 Å². The second kappa shape index (κ2) is 6.08. The van der Waals surface area contributed by atoms with Crippen LogP contribution in [-0.4, -0.2) is 29.7 Å². The molecule has 0 fully saturated rings. The Bertz CT molecular complexity index is 199. The Morgan fingerprint density at radius 2 is 2.00 bits per heavy atom. The number of amides is 1. The highest BCUT2D eigenvalue weighted by molar-refractivity contribution is 5.74. The zero-order valence-corrected chi connectivity index (χ0v) is 10.2. The molecule has 2 atom stereocenters. The van der Waals surface area contributed by atoms with E-state index in [-0.39, 0.29) is 30.0 Å². The van der Waals surface area contributed by atoms with Gasteiger partial charge in [-0.2, -0.15) is 0 Å². The van der Waals surface area contributed by atoms with Crippen LogP contribution in [0.3, 0.4) is 0 Å². The number of aliphatic hydroxyl groups is 1. The smallest absolute Gasteiger partial charge is 0.218 e. The second-order valence-electron chi connectivity index (χ2n) is 5.38.